The molecule has 728 valence electrons. The van der Waals surface area contributed by atoms with Crippen molar-refractivity contribution in [3.63, 3.8) is 0 Å². The SMILES string of the molecule is CCCCCN1C(=O)C2=C(c3ccc(-c4cccs4)s3)N(CCCC)C(=O)C2=C1c1ccc(-c2cccs2)s1.CCCCN1C(=O)C2=C(c3ccc(N(c4ccccc4)c4ccccc4)o3)N(CCCC)C(=O)C2=C1c1ccc(N(c2ccccc2)c2ccccc2)o1.CCN1C(=O)C2=C(c3ccc(N(c4ccccc4)c4ccccc4)n3C)N(CC)C(=O)C2=C1c1ccc(N(c2ccccc2)c2ccccc2)n1C. The minimum absolute atomic E-state index is 0.0319. The van der Waals surface area contributed by atoms with Crippen molar-refractivity contribution in [2.45, 2.75) is 99.3 Å². The average Bonchev–Trinajstić information content (AvgIpc) is 1.57. The second-order valence-corrected chi connectivity index (χ2v) is 40.0. The number of benzene rings is 8. The standard InChI is InChI=1S/C46H42N4O4.C44H40N6O2.C31H30N2O2S4/c1-3-5-31-47-43(37-27-29-39(53-37)49(33-19-11-7-12-20-33)34-21-13-8-14-22-34)41-42(45(47)51)44(48(46(41)52)32-6-4-2)38-28-30-40(54-38)50(35-23-15-9-16-24-35)36-25-17-10-18-26-36;1-5-47-41(35-27-29-37(45(35)3)49(31-19-11-7-12-20-31)32-21-13-8-14-22-32)39-40(43(47)51)42(48(6-2)44(39)52)36-28-30-38(46(36)4)50(33-23-15-9-16-24-33)34-25-17-10-18-26-34;1-3-5-7-17-33-29(25-15-13-23(39-25)21-11-9-19-37-21)27-26(31(33)35)28(32(30(27)34)16-6-4-2)24-14-12-22(38-24)20-10-8-18-36-20/h7-30H,3-6,31-32H2,1-2H3;7-30H,5-6H2,1-4H3;8-15,18-19H,3-7,16-17H2,1-2H3. The molecule has 145 heavy (non-hydrogen) atoms. The van der Waals surface area contributed by atoms with E-state index in [0.717, 1.165) is 152 Å². The summed E-state index contributed by atoms with van der Waals surface area (Å²) in [5.74, 6) is 3.04. The number of fused-ring (bicyclic) bond motifs is 3. The van der Waals surface area contributed by atoms with E-state index in [4.69, 9.17) is 8.83 Å². The Labute approximate surface area is 862 Å². The number of hydrogen-bond acceptors (Lipinski definition) is 16. The summed E-state index contributed by atoms with van der Waals surface area (Å²) < 4.78 is 17.6. The molecule has 8 aromatic heterocycles. The Balaban J connectivity index is 0.000000134. The van der Waals surface area contributed by atoms with Crippen LogP contribution in [0, 0.1) is 0 Å². The van der Waals surface area contributed by atoms with Crippen LogP contribution in [0.2, 0.25) is 0 Å². The van der Waals surface area contributed by atoms with Gasteiger partial charge in [-0.25, -0.2) is 0 Å². The van der Waals surface area contributed by atoms with Crippen LogP contribution in [0.25, 0.3) is 53.7 Å². The van der Waals surface area contributed by atoms with Crippen molar-refractivity contribution in [1.29, 1.82) is 0 Å². The summed E-state index contributed by atoms with van der Waals surface area (Å²) in [6.45, 7) is 15.4. The number of furan rings is 2. The van der Waals surface area contributed by atoms with Gasteiger partial charge in [0.25, 0.3) is 35.4 Å². The van der Waals surface area contributed by atoms with Gasteiger partial charge < -0.3 is 47.4 Å². The first kappa shape index (κ1) is 96.6. The number of nitrogens with zero attached hydrogens (tertiary/aromatic N) is 12. The topological polar surface area (TPSA) is 171 Å². The smallest absolute Gasteiger partial charge is 0.261 e. The number of thiophene rings is 4. The molecule has 0 spiro atoms. The first-order valence-electron chi connectivity index (χ1n) is 49.9. The van der Waals surface area contributed by atoms with Gasteiger partial charge >= 0.3 is 0 Å². The number of para-hydroxylation sites is 8. The zero-order chi connectivity index (χ0) is 99.9. The Hall–Kier alpha value is -15.9. The molecular formula is C121H112N12O8S4. The molecule has 16 aromatic rings. The van der Waals surface area contributed by atoms with E-state index in [0.29, 0.717) is 119 Å². The maximum atomic E-state index is 14.7. The van der Waals surface area contributed by atoms with Gasteiger partial charge in [0.1, 0.15) is 23.0 Å². The summed E-state index contributed by atoms with van der Waals surface area (Å²) in [6, 6.07) is 113. The van der Waals surface area contributed by atoms with Crippen molar-refractivity contribution in [2.75, 3.05) is 58.9 Å². The van der Waals surface area contributed by atoms with Crippen LogP contribution in [0.3, 0.4) is 0 Å². The van der Waals surface area contributed by atoms with Gasteiger partial charge in [-0.15, -0.1) is 45.3 Å². The lowest BCUT2D eigenvalue weighted by Gasteiger charge is -2.28. The second kappa shape index (κ2) is 43.1. The fourth-order valence-corrected chi connectivity index (χ4v) is 23.8. The molecule has 0 atom stereocenters. The highest BCUT2D eigenvalue weighted by Crippen LogP contribution is 2.55. The minimum atomic E-state index is -0.224. The van der Waals surface area contributed by atoms with E-state index in [1.807, 2.05) is 278 Å². The number of amides is 6. The largest absolute Gasteiger partial charge is 0.438 e. The van der Waals surface area contributed by atoms with E-state index in [1.165, 1.54) is 14.6 Å². The summed E-state index contributed by atoms with van der Waals surface area (Å²) in [5.41, 5.74) is 16.0. The first-order chi connectivity index (χ1) is 71.1. The van der Waals surface area contributed by atoms with E-state index in [2.05, 4.69) is 167 Å². The predicted octanol–water partition coefficient (Wildman–Crippen LogP) is 29.4. The minimum Gasteiger partial charge on any atom is -0.438 e. The van der Waals surface area contributed by atoms with Crippen LogP contribution in [0.1, 0.15) is 132 Å². The van der Waals surface area contributed by atoms with Gasteiger partial charge in [0, 0.05) is 131 Å². The van der Waals surface area contributed by atoms with Crippen LogP contribution < -0.4 is 19.6 Å². The molecule has 20 nitrogen and oxygen atoms in total. The van der Waals surface area contributed by atoms with Crippen molar-refractivity contribution in [3.05, 3.63) is 417 Å². The highest BCUT2D eigenvalue weighted by molar-refractivity contribution is 7.22. The number of anilines is 12. The van der Waals surface area contributed by atoms with Crippen molar-refractivity contribution < 1.29 is 37.6 Å². The highest BCUT2D eigenvalue weighted by Gasteiger charge is 2.54. The Bertz CT molecular complexity index is 7130. The number of aromatic nitrogens is 2. The van der Waals surface area contributed by atoms with E-state index in [-0.39, 0.29) is 35.4 Å². The van der Waals surface area contributed by atoms with Crippen molar-refractivity contribution >= 4 is 184 Å². The third-order valence-corrected chi connectivity index (χ3v) is 31.2. The van der Waals surface area contributed by atoms with Crippen LogP contribution in [0.5, 0.6) is 0 Å². The van der Waals surface area contributed by atoms with Gasteiger partial charge in [-0.3, -0.25) is 48.4 Å². The number of carbonyl (C=O) groups excluding carboxylic acids is 6. The van der Waals surface area contributed by atoms with Gasteiger partial charge in [0.15, 0.2) is 11.5 Å². The second-order valence-electron chi connectivity index (χ2n) is 35.9. The summed E-state index contributed by atoms with van der Waals surface area (Å²) >= 11 is 6.76. The molecule has 8 aromatic carbocycles. The molecule has 0 saturated carbocycles. The lowest BCUT2D eigenvalue weighted by molar-refractivity contribution is -0.124. The third-order valence-electron chi connectivity index (χ3n) is 26.9. The first-order valence-corrected chi connectivity index (χ1v) is 53.3. The molecule has 6 aliphatic rings. The zero-order valence-electron chi connectivity index (χ0n) is 82.4. The van der Waals surface area contributed by atoms with Crippen molar-refractivity contribution in [1.82, 2.24) is 38.5 Å². The van der Waals surface area contributed by atoms with Gasteiger partial charge in [0.05, 0.1) is 77.4 Å². The van der Waals surface area contributed by atoms with E-state index >= 15 is 0 Å². The van der Waals surface area contributed by atoms with Crippen LogP contribution in [0.4, 0.5) is 68.9 Å². The molecule has 0 fully saturated rings. The molecule has 0 saturated heterocycles. The maximum absolute atomic E-state index is 14.7. The number of rotatable bonds is 35. The fourth-order valence-electron chi connectivity index (χ4n) is 20.0. The number of hydrogen-bond donors (Lipinski definition) is 0. The summed E-state index contributed by atoms with van der Waals surface area (Å²) in [7, 11) is 4.00. The van der Waals surface area contributed by atoms with E-state index in [9.17, 15) is 28.8 Å². The number of carbonyl (C=O) groups is 6. The van der Waals surface area contributed by atoms with Gasteiger partial charge in [-0.1, -0.05) is 218 Å². The van der Waals surface area contributed by atoms with Crippen LogP contribution >= 0.6 is 45.3 Å². The van der Waals surface area contributed by atoms with E-state index < -0.39 is 0 Å². The molecule has 6 aliphatic heterocycles. The Morgan fingerprint density at radius 2 is 0.497 bits per heavy atom. The Morgan fingerprint density at radius 3 is 0.779 bits per heavy atom. The zero-order valence-corrected chi connectivity index (χ0v) is 85.6. The lowest BCUT2D eigenvalue weighted by Crippen LogP contribution is -2.30. The summed E-state index contributed by atoms with van der Waals surface area (Å²) in [6.07, 6.45) is 8.21. The van der Waals surface area contributed by atoms with Gasteiger partial charge in [-0.2, -0.15) is 0 Å². The van der Waals surface area contributed by atoms with Gasteiger partial charge in [-0.05, 0) is 220 Å². The normalized spacial score (nSPS) is 14.5. The average molecular weight is 1990 g/mol. The monoisotopic (exact) mass is 1990 g/mol. The molecule has 22 rings (SSSR count). The number of likely N-dealkylation sites (N-methyl/N-ethyl adjacent to an activating group) is 2. The Morgan fingerprint density at radius 1 is 0.234 bits per heavy atom. The van der Waals surface area contributed by atoms with Crippen LogP contribution in [-0.2, 0) is 42.9 Å². The maximum Gasteiger partial charge on any atom is 0.261 e. The molecule has 6 amide bonds. The highest BCUT2D eigenvalue weighted by atomic mass is 32.1. The molecule has 0 bridgehead atoms. The van der Waals surface area contributed by atoms with Crippen molar-refractivity contribution in [2.24, 2.45) is 14.1 Å². The summed E-state index contributed by atoms with van der Waals surface area (Å²) in [5, 5.41) is 4.16. The Kier molecular flexibility index (Phi) is 28.7. The molecule has 0 radical (unpaired) electrons. The number of unbranched alkanes of at least 4 members (excludes halogenated alkanes) is 5. The predicted molar refractivity (Wildman–Crippen MR) is 590 cm³/mol. The fraction of sp³-hybridized carbons (Fsp3) is 0.190. The van der Waals surface area contributed by atoms with Gasteiger partial charge in [0.2, 0.25) is 11.8 Å². The molecule has 0 aliphatic carbocycles. The van der Waals surface area contributed by atoms with E-state index in [1.54, 1.807) is 64.9 Å². The quantitative estimate of drug-likeness (QED) is 0.0345. The molecular weight excluding hydrogens is 1880 g/mol. The molecule has 14 heterocycles. The molecule has 0 N–H and O–H groups in total. The van der Waals surface area contributed by atoms with Crippen LogP contribution in [0.15, 0.2) is 393 Å². The summed E-state index contributed by atoms with van der Waals surface area (Å²) in [4.78, 5) is 113. The molecule has 24 heteroatoms. The molecule has 0 unspecified atom stereocenters. The lowest BCUT2D eigenvalue weighted by atomic mass is 10.1. The third kappa shape index (κ3) is 18.4. The van der Waals surface area contributed by atoms with Crippen molar-refractivity contribution in [3.8, 4) is 19.5 Å². The van der Waals surface area contributed by atoms with Crippen LogP contribution in [-0.4, -0.2) is 113 Å².